The van der Waals surface area contributed by atoms with Gasteiger partial charge in [0.1, 0.15) is 0 Å². The maximum atomic E-state index is 2.52. The van der Waals surface area contributed by atoms with Gasteiger partial charge in [0.05, 0.1) is 8.07 Å². The molecule has 0 aromatic heterocycles. The van der Waals surface area contributed by atoms with Crippen molar-refractivity contribution in [2.45, 2.75) is 50.4 Å². The molecule has 0 saturated carbocycles. The van der Waals surface area contributed by atoms with Crippen LogP contribution in [0.5, 0.6) is 0 Å². The molecule has 0 N–H and O–H groups in total. The van der Waals surface area contributed by atoms with Gasteiger partial charge in [-0.3, -0.25) is 0 Å². The van der Waals surface area contributed by atoms with E-state index in [2.05, 4.69) is 62.2 Å². The molecule has 0 fully saturated rings. The van der Waals surface area contributed by atoms with Crippen LogP contribution in [0.4, 0.5) is 0 Å². The van der Waals surface area contributed by atoms with Crippen LogP contribution in [-0.4, -0.2) is 8.07 Å². The minimum Gasteiger partial charge on any atom is -0.0882 e. The van der Waals surface area contributed by atoms with Gasteiger partial charge in [-0.2, -0.15) is 0 Å². The molecule has 0 amide bonds. The van der Waals surface area contributed by atoms with Crippen molar-refractivity contribution in [2.24, 2.45) is 0 Å². The maximum Gasteiger partial charge on any atom is 0.0648 e. The van der Waals surface area contributed by atoms with Crippen LogP contribution in [0.2, 0.25) is 24.7 Å². The maximum absolute atomic E-state index is 2.52. The summed E-state index contributed by atoms with van der Waals surface area (Å²) in [5.41, 5.74) is 1.67. The molecule has 2 aliphatic rings. The Hall–Kier alpha value is -0.823. The molecule has 2 rings (SSSR count). The molecule has 17 heavy (non-hydrogen) atoms. The van der Waals surface area contributed by atoms with Crippen molar-refractivity contribution in [1.29, 1.82) is 0 Å². The van der Waals surface area contributed by atoms with E-state index in [1.807, 2.05) is 0 Å². The van der Waals surface area contributed by atoms with E-state index in [9.17, 15) is 0 Å². The fourth-order valence-corrected chi connectivity index (χ4v) is 5.35. The van der Waals surface area contributed by atoms with Crippen molar-refractivity contribution >= 4 is 8.07 Å². The van der Waals surface area contributed by atoms with E-state index >= 15 is 0 Å². The Balaban J connectivity index is 2.34. The molecular weight excluding hydrogens is 220 g/mol. The Morgan fingerprint density at radius 3 is 2.24 bits per heavy atom. The Labute approximate surface area is 107 Å². The number of allylic oxidation sites excluding steroid dienone is 8. The van der Waals surface area contributed by atoms with Crippen molar-refractivity contribution in [1.82, 2.24) is 0 Å². The predicted molar refractivity (Wildman–Crippen MR) is 80.0 cm³/mol. The first kappa shape index (κ1) is 12.6. The Kier molecular flexibility index (Phi) is 3.57. The highest BCUT2D eigenvalue weighted by Gasteiger charge is 2.42. The molecule has 0 atom stereocenters. The van der Waals surface area contributed by atoms with Crippen molar-refractivity contribution < 1.29 is 0 Å². The molecule has 0 unspecified atom stereocenters. The summed E-state index contributed by atoms with van der Waals surface area (Å²) in [6.07, 6.45) is 21.5. The van der Waals surface area contributed by atoms with Gasteiger partial charge in [-0.1, -0.05) is 67.7 Å². The molecule has 0 nitrogen and oxygen atoms in total. The van der Waals surface area contributed by atoms with Crippen LogP contribution in [0.15, 0.2) is 48.1 Å². The van der Waals surface area contributed by atoms with E-state index in [1.165, 1.54) is 25.7 Å². The quantitative estimate of drug-likeness (QED) is 0.460. The summed E-state index contributed by atoms with van der Waals surface area (Å²) in [6, 6.07) is 0. The van der Waals surface area contributed by atoms with Gasteiger partial charge in [0, 0.05) is 5.04 Å². The fraction of sp³-hybridized carbons (Fsp3) is 0.500. The molecule has 0 aromatic carbocycles. The van der Waals surface area contributed by atoms with Crippen LogP contribution >= 0.6 is 0 Å². The summed E-state index contributed by atoms with van der Waals surface area (Å²) in [5.74, 6) is 0. The SMILES string of the molecule is C[Si](C)(C)C1(C2=CCCC=CCC2)C=CC=C1. The van der Waals surface area contributed by atoms with Crippen molar-refractivity contribution in [3.8, 4) is 0 Å². The third-order valence-corrected chi connectivity index (χ3v) is 7.21. The van der Waals surface area contributed by atoms with Crippen molar-refractivity contribution in [3.63, 3.8) is 0 Å². The van der Waals surface area contributed by atoms with Crippen LogP contribution in [0, 0.1) is 0 Å². The molecule has 0 spiro atoms. The van der Waals surface area contributed by atoms with Gasteiger partial charge in [0.15, 0.2) is 0 Å². The topological polar surface area (TPSA) is 0 Å². The first-order valence-corrected chi connectivity index (χ1v) is 10.3. The summed E-state index contributed by atoms with van der Waals surface area (Å²) in [7, 11) is -1.27. The molecule has 0 radical (unpaired) electrons. The minimum atomic E-state index is -1.27. The largest absolute Gasteiger partial charge is 0.0882 e. The average molecular weight is 244 g/mol. The summed E-state index contributed by atoms with van der Waals surface area (Å²) in [5, 5.41) is 0.290. The lowest BCUT2D eigenvalue weighted by Crippen LogP contribution is -2.37. The lowest BCUT2D eigenvalue weighted by atomic mass is 9.92. The normalized spacial score (nSPS) is 23.4. The first-order valence-electron chi connectivity index (χ1n) is 6.78. The lowest BCUT2D eigenvalue weighted by molar-refractivity contribution is 0.809. The second kappa shape index (κ2) is 4.81. The molecule has 1 heteroatoms. The van der Waals surface area contributed by atoms with Gasteiger partial charge < -0.3 is 0 Å². The van der Waals surface area contributed by atoms with E-state index in [0.717, 1.165) is 0 Å². The van der Waals surface area contributed by atoms with Crippen molar-refractivity contribution in [2.75, 3.05) is 0 Å². The minimum absolute atomic E-state index is 0.290. The van der Waals surface area contributed by atoms with Crippen LogP contribution in [0.25, 0.3) is 0 Å². The highest BCUT2D eigenvalue weighted by Crippen LogP contribution is 2.52. The van der Waals surface area contributed by atoms with E-state index in [0.29, 0.717) is 0 Å². The van der Waals surface area contributed by atoms with Gasteiger partial charge in [-0.15, -0.1) is 0 Å². The van der Waals surface area contributed by atoms with Crippen LogP contribution in [0.1, 0.15) is 25.7 Å². The van der Waals surface area contributed by atoms with Crippen LogP contribution < -0.4 is 0 Å². The third-order valence-electron chi connectivity index (χ3n) is 4.07. The molecule has 2 aliphatic carbocycles. The van der Waals surface area contributed by atoms with E-state index in [4.69, 9.17) is 0 Å². The van der Waals surface area contributed by atoms with Crippen LogP contribution in [-0.2, 0) is 0 Å². The number of rotatable bonds is 2. The fourth-order valence-electron chi connectivity index (χ4n) is 2.97. The predicted octanol–water partition coefficient (Wildman–Crippen LogP) is 5.25. The second-order valence-electron chi connectivity index (χ2n) is 6.15. The number of hydrogen-bond donors (Lipinski definition) is 0. The highest BCUT2D eigenvalue weighted by molar-refractivity contribution is 6.81. The molecule has 0 saturated heterocycles. The van der Waals surface area contributed by atoms with Gasteiger partial charge >= 0.3 is 0 Å². The van der Waals surface area contributed by atoms with Crippen molar-refractivity contribution in [3.05, 3.63) is 48.1 Å². The molecule has 92 valence electrons. The van der Waals surface area contributed by atoms with Gasteiger partial charge in [-0.05, 0) is 25.7 Å². The smallest absolute Gasteiger partial charge is 0.0648 e. The molecule has 0 aromatic rings. The molecule has 0 aliphatic heterocycles. The van der Waals surface area contributed by atoms with E-state index in [1.54, 1.807) is 5.57 Å². The molecular formula is C16H24Si. The van der Waals surface area contributed by atoms with Gasteiger partial charge in [0.2, 0.25) is 0 Å². The Morgan fingerprint density at radius 1 is 0.941 bits per heavy atom. The monoisotopic (exact) mass is 244 g/mol. The molecule has 0 bridgehead atoms. The van der Waals surface area contributed by atoms with E-state index in [-0.39, 0.29) is 5.04 Å². The highest BCUT2D eigenvalue weighted by atomic mass is 28.3. The lowest BCUT2D eigenvalue weighted by Gasteiger charge is -2.40. The second-order valence-corrected chi connectivity index (χ2v) is 11.5. The summed E-state index contributed by atoms with van der Waals surface area (Å²) in [6.45, 7) is 7.47. The Morgan fingerprint density at radius 2 is 1.59 bits per heavy atom. The summed E-state index contributed by atoms with van der Waals surface area (Å²) in [4.78, 5) is 0. The average Bonchev–Trinajstić information content (AvgIpc) is 2.65. The zero-order valence-electron chi connectivity index (χ0n) is 11.4. The first-order chi connectivity index (χ1) is 8.06. The number of hydrogen-bond acceptors (Lipinski definition) is 0. The van der Waals surface area contributed by atoms with Gasteiger partial charge in [0.25, 0.3) is 0 Å². The third kappa shape index (κ3) is 2.39. The van der Waals surface area contributed by atoms with Crippen LogP contribution in [0.3, 0.4) is 0 Å². The van der Waals surface area contributed by atoms with Gasteiger partial charge in [-0.25, -0.2) is 0 Å². The summed E-state index contributed by atoms with van der Waals surface area (Å²) < 4.78 is 0. The summed E-state index contributed by atoms with van der Waals surface area (Å²) >= 11 is 0. The molecule has 0 heterocycles. The Bertz CT molecular complexity index is 376. The van der Waals surface area contributed by atoms with E-state index < -0.39 is 8.07 Å². The zero-order chi connectivity index (χ0) is 12.4. The zero-order valence-corrected chi connectivity index (χ0v) is 12.4. The standard InChI is InChI=1S/C16H24Si/c1-17(2,3)16(13-9-10-14-16)15-11-7-5-4-6-8-12-15/h4-5,9-10,12-14H,6-8,11H2,1-3H3.